The van der Waals surface area contributed by atoms with Crippen LogP contribution in [0.2, 0.25) is 0 Å². The van der Waals surface area contributed by atoms with Crippen LogP contribution < -0.4 is 0 Å². The Morgan fingerprint density at radius 2 is 1.91 bits per heavy atom. The van der Waals surface area contributed by atoms with Gasteiger partial charge in [0.15, 0.2) is 0 Å². The van der Waals surface area contributed by atoms with E-state index in [0.29, 0.717) is 5.76 Å². The number of rotatable bonds is 6. The van der Waals surface area contributed by atoms with Crippen LogP contribution in [0, 0.1) is 0 Å². The van der Waals surface area contributed by atoms with Gasteiger partial charge in [0.05, 0.1) is 11.7 Å². The smallest absolute Gasteiger partial charge is 0.0995 e. The van der Waals surface area contributed by atoms with E-state index in [1.54, 1.807) is 0 Å². The summed E-state index contributed by atoms with van der Waals surface area (Å²) in [7, 11) is 0. The largest absolute Gasteiger partial charge is 0.512 e. The van der Waals surface area contributed by atoms with Gasteiger partial charge in [-0.1, -0.05) is 74.7 Å². The van der Waals surface area contributed by atoms with Gasteiger partial charge >= 0.3 is 0 Å². The van der Waals surface area contributed by atoms with Crippen LogP contribution in [0.5, 0.6) is 0 Å². The molecular formula is C21H24O. The van der Waals surface area contributed by atoms with Gasteiger partial charge in [0.1, 0.15) is 0 Å². The Balaban J connectivity index is 1.83. The van der Waals surface area contributed by atoms with Crippen molar-refractivity contribution in [1.29, 1.82) is 0 Å². The fourth-order valence-corrected chi connectivity index (χ4v) is 3.31. The third-order valence-electron chi connectivity index (χ3n) is 4.50. The summed E-state index contributed by atoms with van der Waals surface area (Å²) < 4.78 is 0. The maximum atomic E-state index is 10.5. The minimum Gasteiger partial charge on any atom is -0.512 e. The van der Waals surface area contributed by atoms with E-state index < -0.39 is 0 Å². The topological polar surface area (TPSA) is 20.2 Å². The number of aliphatic hydroxyl groups is 1. The van der Waals surface area contributed by atoms with E-state index in [4.69, 9.17) is 0 Å². The van der Waals surface area contributed by atoms with Gasteiger partial charge in [-0.3, -0.25) is 0 Å². The molecule has 1 heteroatoms. The third-order valence-corrected chi connectivity index (χ3v) is 4.50. The number of hydrogen-bond acceptors (Lipinski definition) is 1. The summed E-state index contributed by atoms with van der Waals surface area (Å²) in [6, 6.07) is 12.7. The minimum absolute atomic E-state index is 0.00442. The van der Waals surface area contributed by atoms with Crippen molar-refractivity contribution in [3.63, 3.8) is 0 Å². The molecule has 2 aromatic carbocycles. The monoisotopic (exact) mass is 292 g/mol. The van der Waals surface area contributed by atoms with Crippen LogP contribution in [-0.4, -0.2) is 5.11 Å². The number of unbranched alkanes of at least 4 members (excludes halogenated alkanes) is 4. The summed E-state index contributed by atoms with van der Waals surface area (Å²) in [6.45, 7) is 2.22. The van der Waals surface area contributed by atoms with Crippen molar-refractivity contribution in [3.05, 3.63) is 65.4 Å². The summed E-state index contributed by atoms with van der Waals surface area (Å²) in [5, 5.41) is 13.0. The Morgan fingerprint density at radius 1 is 1.09 bits per heavy atom. The van der Waals surface area contributed by atoms with Crippen LogP contribution in [0.25, 0.3) is 16.8 Å². The van der Waals surface area contributed by atoms with Crippen LogP contribution in [-0.2, 0) is 0 Å². The summed E-state index contributed by atoms with van der Waals surface area (Å²) in [4.78, 5) is 0. The Bertz CT molecular complexity index is 704. The maximum Gasteiger partial charge on any atom is 0.0995 e. The van der Waals surface area contributed by atoms with Crippen molar-refractivity contribution in [2.75, 3.05) is 0 Å². The fourth-order valence-electron chi connectivity index (χ4n) is 3.31. The Hall–Kier alpha value is -2.02. The Kier molecular flexibility index (Phi) is 4.62. The first kappa shape index (κ1) is 14.9. The van der Waals surface area contributed by atoms with Gasteiger partial charge in [-0.25, -0.2) is 0 Å². The highest BCUT2D eigenvalue weighted by molar-refractivity contribution is 5.96. The van der Waals surface area contributed by atoms with Crippen molar-refractivity contribution in [2.24, 2.45) is 0 Å². The van der Waals surface area contributed by atoms with Crippen LogP contribution in [0.3, 0.4) is 0 Å². The zero-order valence-electron chi connectivity index (χ0n) is 13.3. The van der Waals surface area contributed by atoms with E-state index in [-0.39, 0.29) is 5.92 Å². The van der Waals surface area contributed by atoms with E-state index in [9.17, 15) is 5.11 Å². The molecule has 0 radical (unpaired) electrons. The molecule has 1 N–H and O–H groups in total. The fraction of sp³-hybridized carbons (Fsp3) is 0.333. The molecule has 0 bridgehead atoms. The highest BCUT2D eigenvalue weighted by Gasteiger charge is 2.20. The molecule has 3 rings (SSSR count). The summed E-state index contributed by atoms with van der Waals surface area (Å²) in [6.07, 6.45) is 12.2. The minimum atomic E-state index is 0.00442. The van der Waals surface area contributed by atoms with Gasteiger partial charge in [0.25, 0.3) is 0 Å². The molecule has 1 unspecified atom stereocenters. The van der Waals surface area contributed by atoms with Gasteiger partial charge in [-0.15, -0.1) is 0 Å². The Labute approximate surface area is 133 Å². The molecule has 0 amide bonds. The lowest BCUT2D eigenvalue weighted by molar-refractivity contribution is 0.381. The molecule has 0 fully saturated rings. The van der Waals surface area contributed by atoms with Crippen LogP contribution >= 0.6 is 0 Å². The first-order chi connectivity index (χ1) is 10.8. The lowest BCUT2D eigenvalue weighted by atomic mass is 9.85. The lowest BCUT2D eigenvalue weighted by Crippen LogP contribution is -2.04. The van der Waals surface area contributed by atoms with Gasteiger partial charge in [-0.05, 0) is 40.8 Å². The molecular weight excluding hydrogens is 268 g/mol. The molecule has 1 nitrogen and oxygen atoms in total. The van der Waals surface area contributed by atoms with Crippen molar-refractivity contribution < 1.29 is 5.11 Å². The van der Waals surface area contributed by atoms with Crippen molar-refractivity contribution >= 4 is 16.8 Å². The molecule has 1 aliphatic rings. The van der Waals surface area contributed by atoms with Crippen molar-refractivity contribution in [2.45, 2.75) is 44.9 Å². The molecule has 22 heavy (non-hydrogen) atoms. The SMILES string of the molecule is CCCCCCC=C(O)C1C=Cc2cccc3cccc1c23. The number of allylic oxidation sites excluding steroid dienone is 2. The van der Waals surface area contributed by atoms with Crippen LogP contribution in [0.15, 0.2) is 54.3 Å². The standard InChI is InChI=1S/C21H24O/c1-2-3-4-5-6-13-20(22)18-15-14-17-10-7-9-16-11-8-12-19(18)21(16)17/h7-15,18,22H,2-6H2,1H3. The normalized spacial score (nSPS) is 17.1. The summed E-state index contributed by atoms with van der Waals surface area (Å²) >= 11 is 0. The molecule has 2 aromatic rings. The molecule has 0 spiro atoms. The quantitative estimate of drug-likeness (QED) is 0.485. The highest BCUT2D eigenvalue weighted by Crippen LogP contribution is 2.37. The van der Waals surface area contributed by atoms with E-state index >= 15 is 0 Å². The molecule has 0 saturated heterocycles. The molecule has 114 valence electrons. The van der Waals surface area contributed by atoms with E-state index in [2.05, 4.69) is 55.5 Å². The van der Waals surface area contributed by atoms with Gasteiger partial charge in [-0.2, -0.15) is 0 Å². The summed E-state index contributed by atoms with van der Waals surface area (Å²) in [5.74, 6) is 0.500. The zero-order chi connectivity index (χ0) is 15.4. The van der Waals surface area contributed by atoms with Gasteiger partial charge < -0.3 is 5.11 Å². The summed E-state index contributed by atoms with van der Waals surface area (Å²) in [5.41, 5.74) is 2.47. The molecule has 1 aliphatic carbocycles. The van der Waals surface area contributed by atoms with E-state index in [1.165, 1.54) is 41.2 Å². The average molecular weight is 292 g/mol. The third kappa shape index (κ3) is 2.94. The lowest BCUT2D eigenvalue weighted by Gasteiger charge is -2.21. The molecule has 0 heterocycles. The van der Waals surface area contributed by atoms with Crippen molar-refractivity contribution in [3.8, 4) is 0 Å². The van der Waals surface area contributed by atoms with E-state index in [0.717, 1.165) is 12.8 Å². The van der Waals surface area contributed by atoms with Gasteiger partial charge in [0, 0.05) is 0 Å². The second-order valence-electron chi connectivity index (χ2n) is 6.11. The number of aliphatic hydroxyl groups excluding tert-OH is 1. The first-order valence-corrected chi connectivity index (χ1v) is 8.40. The van der Waals surface area contributed by atoms with Crippen LogP contribution in [0.4, 0.5) is 0 Å². The molecule has 0 saturated carbocycles. The number of benzene rings is 2. The predicted octanol–water partition coefficient (Wildman–Crippen LogP) is 6.36. The second-order valence-corrected chi connectivity index (χ2v) is 6.11. The van der Waals surface area contributed by atoms with Gasteiger partial charge in [0.2, 0.25) is 0 Å². The predicted molar refractivity (Wildman–Crippen MR) is 95.2 cm³/mol. The maximum absolute atomic E-state index is 10.5. The second kappa shape index (κ2) is 6.83. The molecule has 0 aromatic heterocycles. The van der Waals surface area contributed by atoms with Crippen LogP contribution in [0.1, 0.15) is 56.1 Å². The molecule has 1 atom stereocenters. The zero-order valence-corrected chi connectivity index (χ0v) is 13.3. The molecule has 0 aliphatic heterocycles. The van der Waals surface area contributed by atoms with E-state index in [1.807, 2.05) is 6.08 Å². The van der Waals surface area contributed by atoms with Crippen molar-refractivity contribution in [1.82, 2.24) is 0 Å². The Morgan fingerprint density at radius 3 is 2.73 bits per heavy atom. The highest BCUT2D eigenvalue weighted by atomic mass is 16.3. The number of hydrogen-bond donors (Lipinski definition) is 1. The first-order valence-electron chi connectivity index (χ1n) is 8.40. The average Bonchev–Trinajstić information content (AvgIpc) is 2.55.